The number of aromatic nitrogens is 1. The molecule has 26 heavy (non-hydrogen) atoms. The summed E-state index contributed by atoms with van der Waals surface area (Å²) >= 11 is 0. The molecule has 0 amide bonds. The van der Waals surface area contributed by atoms with Gasteiger partial charge in [0.15, 0.2) is 0 Å². The number of nitriles is 1. The minimum Gasteiger partial charge on any atom is -0.437 e. The van der Waals surface area contributed by atoms with Crippen LogP contribution in [0.15, 0.2) is 71.8 Å². The summed E-state index contributed by atoms with van der Waals surface area (Å²) < 4.78 is 45.9. The summed E-state index contributed by atoms with van der Waals surface area (Å²) in [6.45, 7) is 0. The highest BCUT2D eigenvalue weighted by molar-refractivity contribution is 7.92. The molecular weight excluding hydrogens is 357 g/mol. The van der Waals surface area contributed by atoms with Gasteiger partial charge in [-0.15, -0.1) is 0 Å². The summed E-state index contributed by atoms with van der Waals surface area (Å²) in [5.74, 6) is -0.0945. The number of nitrogens with zero attached hydrogens (tertiary/aromatic N) is 2. The molecule has 0 saturated carbocycles. The van der Waals surface area contributed by atoms with Gasteiger partial charge in [0.25, 0.3) is 10.0 Å². The predicted octanol–water partition coefficient (Wildman–Crippen LogP) is 3.69. The lowest BCUT2D eigenvalue weighted by atomic mass is 10.2. The molecule has 0 radical (unpaired) electrons. The van der Waals surface area contributed by atoms with E-state index in [1.54, 1.807) is 30.3 Å². The van der Waals surface area contributed by atoms with Gasteiger partial charge in [-0.3, -0.25) is 4.72 Å². The van der Waals surface area contributed by atoms with Crippen molar-refractivity contribution < 1.29 is 17.5 Å². The largest absolute Gasteiger partial charge is 0.437 e. The van der Waals surface area contributed by atoms with Crippen LogP contribution in [0.4, 0.5) is 10.1 Å². The SMILES string of the molecule is N#Cc1ccc(Oc2ncccc2NS(=O)(=O)c2ccc(F)cc2)cc1. The van der Waals surface area contributed by atoms with Crippen molar-refractivity contribution in [3.63, 3.8) is 0 Å². The van der Waals surface area contributed by atoms with E-state index in [0.717, 1.165) is 24.3 Å². The van der Waals surface area contributed by atoms with Crippen molar-refractivity contribution in [1.29, 1.82) is 5.26 Å². The molecule has 0 aliphatic carbocycles. The fourth-order valence-corrected chi connectivity index (χ4v) is 3.13. The van der Waals surface area contributed by atoms with Gasteiger partial charge in [-0.05, 0) is 60.7 Å². The first kappa shape index (κ1) is 17.4. The summed E-state index contributed by atoms with van der Waals surface area (Å²) in [5, 5.41) is 8.81. The van der Waals surface area contributed by atoms with E-state index in [4.69, 9.17) is 10.00 Å². The van der Waals surface area contributed by atoms with Gasteiger partial charge in [0.2, 0.25) is 5.88 Å². The molecule has 0 atom stereocenters. The van der Waals surface area contributed by atoms with Crippen molar-refractivity contribution in [2.45, 2.75) is 4.90 Å². The van der Waals surface area contributed by atoms with Gasteiger partial charge in [-0.1, -0.05) is 0 Å². The second kappa shape index (κ2) is 7.21. The maximum absolute atomic E-state index is 13.0. The molecule has 1 N–H and O–H groups in total. The first-order valence-electron chi connectivity index (χ1n) is 7.39. The molecular formula is C18H12FN3O3S. The first-order valence-corrected chi connectivity index (χ1v) is 8.88. The number of pyridine rings is 1. The molecule has 0 bridgehead atoms. The molecule has 0 fully saturated rings. The Bertz CT molecular complexity index is 1060. The van der Waals surface area contributed by atoms with Crippen molar-refractivity contribution in [2.75, 3.05) is 4.72 Å². The van der Waals surface area contributed by atoms with E-state index in [0.29, 0.717) is 11.3 Å². The van der Waals surface area contributed by atoms with Crippen LogP contribution < -0.4 is 9.46 Å². The zero-order chi connectivity index (χ0) is 18.6. The summed E-state index contributed by atoms with van der Waals surface area (Å²) in [4.78, 5) is 3.94. The number of hydrogen-bond acceptors (Lipinski definition) is 5. The van der Waals surface area contributed by atoms with Gasteiger partial charge in [-0.2, -0.15) is 5.26 Å². The third-order valence-corrected chi connectivity index (χ3v) is 4.72. The van der Waals surface area contributed by atoms with Crippen LogP contribution in [0.3, 0.4) is 0 Å². The number of nitrogens with one attached hydrogen (secondary N) is 1. The number of anilines is 1. The fraction of sp³-hybridized carbons (Fsp3) is 0. The second-order valence-corrected chi connectivity index (χ2v) is 6.84. The smallest absolute Gasteiger partial charge is 0.262 e. The number of ether oxygens (including phenoxy) is 1. The van der Waals surface area contributed by atoms with Gasteiger partial charge in [-0.25, -0.2) is 17.8 Å². The normalized spacial score (nSPS) is 10.8. The second-order valence-electron chi connectivity index (χ2n) is 5.15. The Balaban J connectivity index is 1.87. The maximum Gasteiger partial charge on any atom is 0.262 e. The number of benzene rings is 2. The van der Waals surface area contributed by atoms with E-state index in [9.17, 15) is 12.8 Å². The lowest BCUT2D eigenvalue weighted by Gasteiger charge is -2.12. The van der Waals surface area contributed by atoms with Gasteiger partial charge >= 0.3 is 0 Å². The molecule has 3 aromatic rings. The van der Waals surface area contributed by atoms with E-state index in [2.05, 4.69) is 9.71 Å². The Morgan fingerprint density at radius 1 is 1.04 bits per heavy atom. The molecule has 2 aromatic carbocycles. The van der Waals surface area contributed by atoms with E-state index in [1.165, 1.54) is 12.3 Å². The van der Waals surface area contributed by atoms with Gasteiger partial charge in [0.05, 0.1) is 16.5 Å². The minimum absolute atomic E-state index is 0.0443. The molecule has 0 saturated heterocycles. The molecule has 3 rings (SSSR count). The number of hydrogen-bond donors (Lipinski definition) is 1. The third-order valence-electron chi connectivity index (χ3n) is 3.34. The molecule has 0 unspecified atom stereocenters. The van der Waals surface area contributed by atoms with Crippen LogP contribution in [0.2, 0.25) is 0 Å². The lowest BCUT2D eigenvalue weighted by Crippen LogP contribution is -2.13. The molecule has 1 aromatic heterocycles. The Morgan fingerprint density at radius 3 is 2.38 bits per heavy atom. The highest BCUT2D eigenvalue weighted by Crippen LogP contribution is 2.29. The van der Waals surface area contributed by atoms with E-state index < -0.39 is 15.8 Å². The van der Waals surface area contributed by atoms with Crippen LogP contribution >= 0.6 is 0 Å². The van der Waals surface area contributed by atoms with Crippen LogP contribution in [0.25, 0.3) is 0 Å². The van der Waals surface area contributed by atoms with Crippen LogP contribution in [0, 0.1) is 17.1 Å². The standard InChI is InChI=1S/C18H12FN3O3S/c19-14-5-9-16(10-6-14)26(23,24)22-17-2-1-11-21-18(17)25-15-7-3-13(12-20)4-8-15/h1-11,22H. The van der Waals surface area contributed by atoms with Crippen LogP contribution in [0.1, 0.15) is 5.56 Å². The Hall–Kier alpha value is -3.44. The molecule has 8 heteroatoms. The Labute approximate surface area is 149 Å². The Kier molecular flexibility index (Phi) is 4.82. The number of sulfonamides is 1. The topological polar surface area (TPSA) is 92.1 Å². The molecule has 130 valence electrons. The third kappa shape index (κ3) is 3.96. The predicted molar refractivity (Wildman–Crippen MR) is 92.7 cm³/mol. The number of halogens is 1. The fourth-order valence-electron chi connectivity index (χ4n) is 2.08. The van der Waals surface area contributed by atoms with Crippen molar-refractivity contribution >= 4 is 15.7 Å². The molecule has 6 nitrogen and oxygen atoms in total. The number of rotatable bonds is 5. The highest BCUT2D eigenvalue weighted by Gasteiger charge is 2.17. The summed E-state index contributed by atoms with van der Waals surface area (Å²) in [6.07, 6.45) is 1.45. The van der Waals surface area contributed by atoms with Gasteiger partial charge in [0, 0.05) is 6.20 Å². The molecule has 0 aliphatic rings. The molecule has 0 aliphatic heterocycles. The average Bonchev–Trinajstić information content (AvgIpc) is 2.64. The highest BCUT2D eigenvalue weighted by atomic mass is 32.2. The monoisotopic (exact) mass is 369 g/mol. The average molecular weight is 369 g/mol. The van der Waals surface area contributed by atoms with E-state index in [-0.39, 0.29) is 16.5 Å². The Morgan fingerprint density at radius 2 is 1.73 bits per heavy atom. The molecule has 1 heterocycles. The first-order chi connectivity index (χ1) is 12.5. The summed E-state index contributed by atoms with van der Waals surface area (Å²) in [6, 6.07) is 15.8. The van der Waals surface area contributed by atoms with Crippen LogP contribution in [-0.2, 0) is 10.0 Å². The summed E-state index contributed by atoms with van der Waals surface area (Å²) in [5.41, 5.74) is 0.594. The van der Waals surface area contributed by atoms with Crippen LogP contribution in [-0.4, -0.2) is 13.4 Å². The van der Waals surface area contributed by atoms with E-state index >= 15 is 0 Å². The van der Waals surface area contributed by atoms with Crippen molar-refractivity contribution in [1.82, 2.24) is 4.98 Å². The zero-order valence-corrected chi connectivity index (χ0v) is 14.1. The van der Waals surface area contributed by atoms with Crippen molar-refractivity contribution in [3.8, 4) is 17.7 Å². The van der Waals surface area contributed by atoms with Gasteiger partial charge in [0.1, 0.15) is 17.3 Å². The minimum atomic E-state index is -3.94. The van der Waals surface area contributed by atoms with Gasteiger partial charge < -0.3 is 4.74 Å². The van der Waals surface area contributed by atoms with E-state index in [1.807, 2.05) is 6.07 Å². The van der Waals surface area contributed by atoms with Crippen LogP contribution in [0.5, 0.6) is 11.6 Å². The maximum atomic E-state index is 13.0. The zero-order valence-electron chi connectivity index (χ0n) is 13.3. The molecule has 0 spiro atoms. The van der Waals surface area contributed by atoms with Crippen molar-refractivity contribution in [3.05, 3.63) is 78.2 Å². The quantitative estimate of drug-likeness (QED) is 0.740. The lowest BCUT2D eigenvalue weighted by molar-refractivity contribution is 0.465. The summed E-state index contributed by atoms with van der Waals surface area (Å²) in [7, 11) is -3.94. The van der Waals surface area contributed by atoms with Crippen molar-refractivity contribution in [2.24, 2.45) is 0 Å².